The van der Waals surface area contributed by atoms with Crippen molar-refractivity contribution in [1.29, 1.82) is 0 Å². The van der Waals surface area contributed by atoms with Crippen molar-refractivity contribution in [2.45, 2.75) is 25.8 Å². The Kier molecular flexibility index (Phi) is 3.98. The molecule has 0 bridgehead atoms. The zero-order valence-electron chi connectivity index (χ0n) is 10.0. The highest BCUT2D eigenvalue weighted by atomic mass is 16.5. The van der Waals surface area contributed by atoms with E-state index in [2.05, 4.69) is 10.6 Å². The maximum atomic E-state index is 11.9. The fraction of sp³-hybridized carbons (Fsp3) is 0.462. The van der Waals surface area contributed by atoms with Crippen molar-refractivity contribution in [2.75, 3.05) is 18.5 Å². The topological polar surface area (TPSA) is 50.4 Å². The summed E-state index contributed by atoms with van der Waals surface area (Å²) in [6.45, 7) is 3.44. The van der Waals surface area contributed by atoms with E-state index in [0.29, 0.717) is 6.61 Å². The molecule has 1 fully saturated rings. The average Bonchev–Trinajstić information content (AvgIpc) is 2.85. The van der Waals surface area contributed by atoms with Gasteiger partial charge in [0.05, 0.1) is 18.3 Å². The first kappa shape index (κ1) is 11.9. The van der Waals surface area contributed by atoms with Gasteiger partial charge >= 0.3 is 0 Å². The number of carbonyl (C=O) groups is 1. The fourth-order valence-corrected chi connectivity index (χ4v) is 1.98. The number of para-hydroxylation sites is 2. The minimum absolute atomic E-state index is 0.0228. The van der Waals surface area contributed by atoms with Crippen LogP contribution in [0, 0.1) is 0 Å². The number of ether oxygens (including phenoxy) is 1. The van der Waals surface area contributed by atoms with Gasteiger partial charge in [-0.2, -0.15) is 0 Å². The molecule has 2 N–H and O–H groups in total. The second-order valence-electron chi connectivity index (χ2n) is 4.07. The van der Waals surface area contributed by atoms with E-state index in [1.807, 2.05) is 31.2 Å². The van der Waals surface area contributed by atoms with E-state index in [1.165, 1.54) is 0 Å². The molecule has 2 rings (SSSR count). The molecule has 0 aliphatic carbocycles. The van der Waals surface area contributed by atoms with Gasteiger partial charge in [0.1, 0.15) is 5.75 Å². The van der Waals surface area contributed by atoms with Crippen LogP contribution >= 0.6 is 0 Å². The molecule has 0 unspecified atom stereocenters. The molecule has 1 aromatic carbocycles. The van der Waals surface area contributed by atoms with Crippen molar-refractivity contribution in [2.24, 2.45) is 0 Å². The maximum absolute atomic E-state index is 11.9. The van der Waals surface area contributed by atoms with Crippen LogP contribution in [0.2, 0.25) is 0 Å². The van der Waals surface area contributed by atoms with E-state index < -0.39 is 0 Å². The van der Waals surface area contributed by atoms with Crippen molar-refractivity contribution < 1.29 is 9.53 Å². The Morgan fingerprint density at radius 2 is 2.35 bits per heavy atom. The molecular weight excluding hydrogens is 216 g/mol. The van der Waals surface area contributed by atoms with E-state index in [-0.39, 0.29) is 11.9 Å². The Balaban J connectivity index is 2.04. The third kappa shape index (κ3) is 2.97. The molecule has 1 saturated heterocycles. The fourth-order valence-electron chi connectivity index (χ4n) is 1.98. The number of anilines is 1. The van der Waals surface area contributed by atoms with Crippen LogP contribution in [0.25, 0.3) is 0 Å². The van der Waals surface area contributed by atoms with Crippen molar-refractivity contribution in [3.63, 3.8) is 0 Å². The Labute approximate surface area is 101 Å². The van der Waals surface area contributed by atoms with Crippen LogP contribution in [0.3, 0.4) is 0 Å². The Morgan fingerprint density at radius 1 is 1.53 bits per heavy atom. The number of benzene rings is 1. The second kappa shape index (κ2) is 5.68. The number of hydrogen-bond acceptors (Lipinski definition) is 3. The van der Waals surface area contributed by atoms with Gasteiger partial charge in [0.2, 0.25) is 5.91 Å². The Hall–Kier alpha value is -1.55. The van der Waals surface area contributed by atoms with E-state index >= 15 is 0 Å². The van der Waals surface area contributed by atoms with Crippen molar-refractivity contribution in [1.82, 2.24) is 5.32 Å². The molecule has 92 valence electrons. The average molecular weight is 234 g/mol. The lowest BCUT2D eigenvalue weighted by molar-refractivity contribution is -0.117. The van der Waals surface area contributed by atoms with Crippen LogP contribution in [0.1, 0.15) is 19.8 Å². The zero-order chi connectivity index (χ0) is 12.1. The molecule has 0 aromatic heterocycles. The summed E-state index contributed by atoms with van der Waals surface area (Å²) in [6, 6.07) is 7.44. The molecule has 1 atom stereocenters. The third-order valence-corrected chi connectivity index (χ3v) is 2.82. The molecule has 1 aliphatic heterocycles. The number of carbonyl (C=O) groups excluding carboxylic acids is 1. The van der Waals surface area contributed by atoms with Gasteiger partial charge in [-0.1, -0.05) is 12.1 Å². The smallest absolute Gasteiger partial charge is 0.241 e. The summed E-state index contributed by atoms with van der Waals surface area (Å²) in [5.74, 6) is 0.746. The van der Waals surface area contributed by atoms with Crippen LogP contribution < -0.4 is 15.4 Å². The van der Waals surface area contributed by atoms with Gasteiger partial charge in [-0.3, -0.25) is 4.79 Å². The van der Waals surface area contributed by atoms with Gasteiger partial charge in [0.15, 0.2) is 0 Å². The number of nitrogens with one attached hydrogen (secondary N) is 2. The van der Waals surface area contributed by atoms with Crippen molar-refractivity contribution >= 4 is 11.6 Å². The largest absolute Gasteiger partial charge is 0.492 e. The lowest BCUT2D eigenvalue weighted by Gasteiger charge is -2.14. The Morgan fingerprint density at radius 3 is 3.06 bits per heavy atom. The standard InChI is InChI=1S/C13H18N2O2/c1-2-17-12-8-4-3-6-10(12)15-13(16)11-7-5-9-14-11/h3-4,6,8,11,14H,2,5,7,9H2,1H3,(H,15,16)/t11-/m0/s1. The molecule has 0 radical (unpaired) electrons. The van der Waals surface area contributed by atoms with Gasteiger partial charge < -0.3 is 15.4 Å². The summed E-state index contributed by atoms with van der Waals surface area (Å²) < 4.78 is 5.47. The normalized spacial score (nSPS) is 19.0. The van der Waals surface area contributed by atoms with Gasteiger partial charge in [0.25, 0.3) is 0 Å². The number of rotatable bonds is 4. The maximum Gasteiger partial charge on any atom is 0.241 e. The summed E-state index contributed by atoms with van der Waals surface area (Å²) in [7, 11) is 0. The monoisotopic (exact) mass is 234 g/mol. The summed E-state index contributed by atoms with van der Waals surface area (Å²) in [4.78, 5) is 11.9. The van der Waals surface area contributed by atoms with E-state index in [0.717, 1.165) is 30.8 Å². The second-order valence-corrected chi connectivity index (χ2v) is 4.07. The summed E-state index contributed by atoms with van der Waals surface area (Å²) >= 11 is 0. The quantitative estimate of drug-likeness (QED) is 0.835. The predicted molar refractivity (Wildman–Crippen MR) is 67.3 cm³/mol. The van der Waals surface area contributed by atoms with Gasteiger partial charge in [-0.15, -0.1) is 0 Å². The highest BCUT2D eigenvalue weighted by Crippen LogP contribution is 2.24. The van der Waals surface area contributed by atoms with Crippen LogP contribution in [-0.4, -0.2) is 25.1 Å². The Bertz CT molecular complexity index is 387. The van der Waals surface area contributed by atoms with Crippen LogP contribution in [0.5, 0.6) is 5.75 Å². The summed E-state index contributed by atoms with van der Waals surface area (Å²) in [6.07, 6.45) is 1.97. The lowest BCUT2D eigenvalue weighted by Crippen LogP contribution is -2.35. The van der Waals surface area contributed by atoms with Gasteiger partial charge in [-0.25, -0.2) is 0 Å². The molecule has 4 heteroatoms. The van der Waals surface area contributed by atoms with E-state index in [9.17, 15) is 4.79 Å². The molecule has 1 heterocycles. The minimum Gasteiger partial charge on any atom is -0.492 e. The summed E-state index contributed by atoms with van der Waals surface area (Å²) in [5.41, 5.74) is 0.744. The first-order valence-electron chi connectivity index (χ1n) is 6.07. The highest BCUT2D eigenvalue weighted by Gasteiger charge is 2.22. The van der Waals surface area contributed by atoms with E-state index in [1.54, 1.807) is 0 Å². The SMILES string of the molecule is CCOc1ccccc1NC(=O)[C@@H]1CCCN1. The highest BCUT2D eigenvalue weighted by molar-refractivity contribution is 5.96. The first-order valence-corrected chi connectivity index (χ1v) is 6.07. The van der Waals surface area contributed by atoms with Crippen molar-refractivity contribution in [3.8, 4) is 5.75 Å². The van der Waals surface area contributed by atoms with Crippen LogP contribution in [0.15, 0.2) is 24.3 Å². The molecule has 0 saturated carbocycles. The van der Waals surface area contributed by atoms with Crippen LogP contribution in [-0.2, 0) is 4.79 Å². The lowest BCUT2D eigenvalue weighted by atomic mass is 10.2. The van der Waals surface area contributed by atoms with E-state index in [4.69, 9.17) is 4.74 Å². The molecular formula is C13H18N2O2. The third-order valence-electron chi connectivity index (χ3n) is 2.82. The first-order chi connectivity index (χ1) is 8.31. The molecule has 1 aliphatic rings. The molecule has 1 amide bonds. The minimum atomic E-state index is -0.0651. The number of amides is 1. The van der Waals surface area contributed by atoms with Gasteiger partial charge in [0, 0.05) is 0 Å². The molecule has 1 aromatic rings. The van der Waals surface area contributed by atoms with Crippen LogP contribution in [0.4, 0.5) is 5.69 Å². The zero-order valence-corrected chi connectivity index (χ0v) is 10.0. The molecule has 17 heavy (non-hydrogen) atoms. The molecule has 4 nitrogen and oxygen atoms in total. The predicted octanol–water partition coefficient (Wildman–Crippen LogP) is 1.78. The van der Waals surface area contributed by atoms with Crippen molar-refractivity contribution in [3.05, 3.63) is 24.3 Å². The van der Waals surface area contributed by atoms with Gasteiger partial charge in [-0.05, 0) is 38.4 Å². The number of hydrogen-bond donors (Lipinski definition) is 2. The summed E-state index contributed by atoms with van der Waals surface area (Å²) in [5, 5.41) is 6.09. The molecule has 0 spiro atoms.